The number of Topliss-reactive ketones (excluding diaryl/α,β-unsaturated/α-hetero) is 3. The molecule has 4 amide bonds. The Balaban J connectivity index is 0.000000253. The molecule has 2 fully saturated rings. The Morgan fingerprint density at radius 1 is 0.538 bits per heavy atom. The van der Waals surface area contributed by atoms with Crippen LogP contribution < -0.4 is 5.73 Å². The highest BCUT2D eigenvalue weighted by atomic mass is 16.6. The number of fused-ring (bicyclic) bond motifs is 2. The molecule has 2 aliphatic carbocycles. The lowest BCUT2D eigenvalue weighted by Gasteiger charge is -2.43. The third kappa shape index (κ3) is 21.9. The van der Waals surface area contributed by atoms with Gasteiger partial charge in [0, 0.05) is 91.6 Å². The summed E-state index contributed by atoms with van der Waals surface area (Å²) in [6, 6.07) is 34.2. The first-order valence-corrected chi connectivity index (χ1v) is 33.6. The van der Waals surface area contributed by atoms with E-state index in [9.17, 15) is 38.4 Å². The SMILES string of the molecule is CC(C)[C@H](CC(=O)[C@H](C)N(C)C(=O)OC(C)(C)C)C(=O)N1CCN(Cc2ccccc2)C[C@H]1C(=O)C[C@@H]1CCCc2ccccc21.CC(C)[C@H](N)C(=O)N1CCN(Cc2ccccc2)C[C@H]1C(=O)C[C@@H]1CCCc2ccccc21.C[C@@H](C(=O)O)N(C)C(=O)OC(C)(C)C. The summed E-state index contributed by atoms with van der Waals surface area (Å²) in [6.07, 6.45) is 5.94. The highest BCUT2D eigenvalue weighted by molar-refractivity contribution is 5.95. The van der Waals surface area contributed by atoms with E-state index in [0.717, 1.165) is 56.5 Å². The van der Waals surface area contributed by atoms with Gasteiger partial charge >= 0.3 is 18.2 Å². The molecule has 93 heavy (non-hydrogen) atoms. The van der Waals surface area contributed by atoms with E-state index < -0.39 is 65.5 Å². The molecule has 8 rings (SSSR count). The first-order valence-electron chi connectivity index (χ1n) is 33.6. The average molecular weight is 1280 g/mol. The van der Waals surface area contributed by atoms with Crippen LogP contribution >= 0.6 is 0 Å². The van der Waals surface area contributed by atoms with Gasteiger partial charge in [0.2, 0.25) is 11.8 Å². The molecule has 18 nitrogen and oxygen atoms in total. The van der Waals surface area contributed by atoms with Crippen LogP contribution in [0.15, 0.2) is 109 Å². The number of carboxylic acids is 1. The molecule has 18 heteroatoms. The van der Waals surface area contributed by atoms with E-state index in [2.05, 4.69) is 76.5 Å². The number of rotatable bonds is 20. The van der Waals surface area contributed by atoms with Crippen LogP contribution in [0.2, 0.25) is 0 Å². The number of carbonyl (C=O) groups is 8. The third-order valence-electron chi connectivity index (χ3n) is 18.5. The normalized spacial score (nSPS) is 19.8. The van der Waals surface area contributed by atoms with Crippen LogP contribution in [0.3, 0.4) is 0 Å². The lowest BCUT2D eigenvalue weighted by atomic mass is 9.79. The lowest BCUT2D eigenvalue weighted by molar-refractivity contribution is -0.149. The number of ether oxygens (including phenoxy) is 2. The third-order valence-corrected chi connectivity index (χ3v) is 18.5. The molecule has 2 saturated heterocycles. The summed E-state index contributed by atoms with van der Waals surface area (Å²) in [4.78, 5) is 114. The van der Waals surface area contributed by atoms with Crippen LogP contribution in [0.25, 0.3) is 0 Å². The van der Waals surface area contributed by atoms with Gasteiger partial charge in [0.05, 0.1) is 12.1 Å². The molecular formula is C75H107N7O11. The van der Waals surface area contributed by atoms with Crippen molar-refractivity contribution >= 4 is 47.3 Å². The summed E-state index contributed by atoms with van der Waals surface area (Å²) in [5, 5.41) is 8.65. The molecule has 0 radical (unpaired) electrons. The van der Waals surface area contributed by atoms with Crippen molar-refractivity contribution in [2.24, 2.45) is 23.5 Å². The number of hydrogen-bond acceptors (Lipinski definition) is 13. The van der Waals surface area contributed by atoms with Gasteiger partial charge in [-0.25, -0.2) is 14.4 Å². The van der Waals surface area contributed by atoms with Crippen molar-refractivity contribution in [2.45, 2.75) is 207 Å². The fraction of sp³-hybridized carbons (Fsp3) is 0.573. The minimum absolute atomic E-state index is 0.00799. The number of carboxylic acid groups (broad SMARTS) is 1. The summed E-state index contributed by atoms with van der Waals surface area (Å²) in [6.45, 7) is 26.3. The van der Waals surface area contributed by atoms with E-state index in [1.165, 1.54) is 52.3 Å². The standard InChI is InChI=1S/C38H53N3O5.C28H37N3O2.C9H17NO4/c1-26(2)32(23-34(42)27(3)39(7)37(45)46-38(4,5)6)36(44)41-21-20-40(24-28-14-9-8-10-15-28)25-33(41)35(43)22-30-18-13-17-29-16-11-12-19-31(29)30;1-20(2)27(29)28(33)31-16-15-30(18-21-9-4-3-5-10-21)19-25(31)26(32)17-23-13-8-12-22-11-6-7-14-24(22)23;1-6(7(11)12)10(5)8(13)14-9(2,3)4/h8-12,14-16,19,26-27,30,32-33H,13,17-18,20-25H2,1-7H3;3-7,9-11,14,20,23,25,27H,8,12-13,15-19,29H2,1-2H3;6H,1-5H3,(H,11,12)/t27-,30-,32-,33-;23-,25-,27-;6-/m000/s1. The van der Waals surface area contributed by atoms with Gasteiger partial charge in [-0.15, -0.1) is 0 Å². The Morgan fingerprint density at radius 2 is 0.925 bits per heavy atom. The highest BCUT2D eigenvalue weighted by Gasteiger charge is 2.42. The number of benzene rings is 4. The molecule has 0 saturated carbocycles. The average Bonchev–Trinajstić information content (AvgIpc) is 0.815. The van der Waals surface area contributed by atoms with Gasteiger partial charge in [-0.1, -0.05) is 137 Å². The maximum atomic E-state index is 14.4. The van der Waals surface area contributed by atoms with E-state index in [0.29, 0.717) is 52.1 Å². The smallest absolute Gasteiger partial charge is 0.410 e. The molecule has 0 aromatic heterocycles. The van der Waals surface area contributed by atoms with E-state index in [1.807, 2.05) is 70.2 Å². The Hall–Kier alpha value is -7.28. The van der Waals surface area contributed by atoms with Crippen LogP contribution in [0.1, 0.15) is 173 Å². The second-order valence-electron chi connectivity index (χ2n) is 28.6. The molecule has 3 N–H and O–H groups in total. The van der Waals surface area contributed by atoms with Crippen molar-refractivity contribution in [3.05, 3.63) is 143 Å². The minimum Gasteiger partial charge on any atom is -0.480 e. The fourth-order valence-corrected chi connectivity index (χ4v) is 12.7. The monoisotopic (exact) mass is 1280 g/mol. The molecule has 4 aromatic carbocycles. The van der Waals surface area contributed by atoms with E-state index in [-0.39, 0.29) is 59.3 Å². The van der Waals surface area contributed by atoms with Gasteiger partial charge in [-0.2, -0.15) is 0 Å². The van der Waals surface area contributed by atoms with E-state index in [4.69, 9.17) is 20.3 Å². The van der Waals surface area contributed by atoms with Gasteiger partial charge in [0.25, 0.3) is 0 Å². The second kappa shape index (κ2) is 34.2. The fourth-order valence-electron chi connectivity index (χ4n) is 12.7. The van der Waals surface area contributed by atoms with Crippen LogP contribution in [-0.2, 0) is 64.2 Å². The number of likely N-dealkylation sites (N-methyl/N-ethyl adjacent to an activating group) is 2. The second-order valence-corrected chi connectivity index (χ2v) is 28.6. The molecule has 4 aliphatic rings. The maximum absolute atomic E-state index is 14.4. The van der Waals surface area contributed by atoms with Crippen molar-refractivity contribution in [2.75, 3.05) is 53.4 Å². The van der Waals surface area contributed by atoms with Crippen molar-refractivity contribution in [3.63, 3.8) is 0 Å². The van der Waals surface area contributed by atoms with E-state index >= 15 is 0 Å². The zero-order valence-corrected chi connectivity index (χ0v) is 58.0. The number of aryl methyl sites for hydroxylation is 2. The Kier molecular flexibility index (Phi) is 27.5. The molecule has 0 unspecified atom stereocenters. The minimum atomic E-state index is -1.06. The number of aliphatic carboxylic acids is 1. The predicted octanol–water partition coefficient (Wildman–Crippen LogP) is 11.4. The summed E-state index contributed by atoms with van der Waals surface area (Å²) in [5.74, 6) is -1.56. The molecule has 2 heterocycles. The summed E-state index contributed by atoms with van der Waals surface area (Å²) in [7, 11) is 2.94. The number of nitrogens with two attached hydrogens (primary N) is 1. The number of nitrogens with zero attached hydrogens (tertiary/aromatic N) is 6. The quantitative estimate of drug-likeness (QED) is 0.0841. The van der Waals surface area contributed by atoms with Crippen LogP contribution in [0.4, 0.5) is 9.59 Å². The van der Waals surface area contributed by atoms with Crippen LogP contribution in [0, 0.1) is 17.8 Å². The molecule has 0 bridgehead atoms. The Bertz CT molecular complexity index is 3140. The molecule has 508 valence electrons. The first kappa shape index (κ1) is 74.8. The zero-order chi connectivity index (χ0) is 68.5. The topological polar surface area (TPSA) is 221 Å². The Labute approximate surface area is 553 Å². The summed E-state index contributed by atoms with van der Waals surface area (Å²) < 4.78 is 10.5. The number of amides is 4. The van der Waals surface area contributed by atoms with Crippen molar-refractivity contribution < 1.29 is 52.9 Å². The van der Waals surface area contributed by atoms with Gasteiger partial charge < -0.3 is 35.0 Å². The van der Waals surface area contributed by atoms with Crippen molar-refractivity contribution in [3.8, 4) is 0 Å². The van der Waals surface area contributed by atoms with Crippen molar-refractivity contribution in [1.29, 1.82) is 0 Å². The molecule has 0 spiro atoms. The predicted molar refractivity (Wildman–Crippen MR) is 363 cm³/mol. The molecule has 8 atom stereocenters. The largest absolute Gasteiger partial charge is 0.480 e. The van der Waals surface area contributed by atoms with Crippen LogP contribution in [-0.4, -0.2) is 177 Å². The first-order chi connectivity index (χ1) is 43.8. The van der Waals surface area contributed by atoms with Gasteiger partial charge in [0.1, 0.15) is 29.3 Å². The summed E-state index contributed by atoms with van der Waals surface area (Å²) >= 11 is 0. The highest BCUT2D eigenvalue weighted by Crippen LogP contribution is 2.37. The van der Waals surface area contributed by atoms with Gasteiger partial charge in [-0.3, -0.25) is 38.7 Å². The van der Waals surface area contributed by atoms with E-state index in [1.54, 1.807) is 65.3 Å². The summed E-state index contributed by atoms with van der Waals surface area (Å²) in [5.41, 5.74) is 12.6. The van der Waals surface area contributed by atoms with Crippen LogP contribution in [0.5, 0.6) is 0 Å². The number of ketones is 3. The van der Waals surface area contributed by atoms with Gasteiger partial charge in [-0.05, 0) is 151 Å². The lowest BCUT2D eigenvalue weighted by Crippen LogP contribution is -2.61. The maximum Gasteiger partial charge on any atom is 0.410 e. The molecular weight excluding hydrogens is 1170 g/mol. The zero-order valence-electron chi connectivity index (χ0n) is 58.0. The Morgan fingerprint density at radius 3 is 1.31 bits per heavy atom. The number of carbonyl (C=O) groups excluding carboxylic acids is 7. The number of hydrogen-bond donors (Lipinski definition) is 2. The van der Waals surface area contributed by atoms with Gasteiger partial charge in [0.15, 0.2) is 17.3 Å². The molecule has 4 aromatic rings. The van der Waals surface area contributed by atoms with Crippen molar-refractivity contribution in [1.82, 2.24) is 29.4 Å². The molecule has 2 aliphatic heterocycles. The number of piperazine rings is 2.